The first kappa shape index (κ1) is 39.0. The number of hydrogen-bond acceptors (Lipinski definition) is 20. The van der Waals surface area contributed by atoms with E-state index in [9.17, 15) is 66.1 Å². The molecule has 53 heavy (non-hydrogen) atoms. The van der Waals surface area contributed by atoms with Gasteiger partial charge in [0.15, 0.2) is 24.4 Å². The highest BCUT2D eigenvalue weighted by Gasteiger charge is 2.52. The Balaban J connectivity index is 1.31. The molecule has 12 N–H and O–H groups in total. The van der Waals surface area contributed by atoms with Gasteiger partial charge in [-0.25, -0.2) is 0 Å². The summed E-state index contributed by atoms with van der Waals surface area (Å²) in [4.78, 5) is 13.9. The summed E-state index contributed by atoms with van der Waals surface area (Å²) in [5, 5.41) is 124. The Labute approximate surface area is 298 Å². The number of ether oxygens (including phenoxy) is 6. The molecule has 6 rings (SSSR count). The zero-order chi connectivity index (χ0) is 38.5. The number of hydrogen-bond donors (Lipinski definition) is 12. The molecule has 15 atom stereocenters. The second-order valence-electron chi connectivity index (χ2n) is 12.9. The average Bonchev–Trinajstić information content (AvgIpc) is 3.12. The van der Waals surface area contributed by atoms with Crippen LogP contribution in [0.5, 0.6) is 23.0 Å². The third-order valence-corrected chi connectivity index (χ3v) is 9.30. The van der Waals surface area contributed by atoms with Crippen LogP contribution >= 0.6 is 0 Å². The van der Waals surface area contributed by atoms with Crippen LogP contribution in [0, 0.1) is 0 Å². The zero-order valence-corrected chi connectivity index (χ0v) is 27.7. The molecule has 4 heterocycles. The monoisotopic (exact) mass is 756 g/mol. The molecule has 0 amide bonds. The number of aliphatic hydroxyl groups is 9. The van der Waals surface area contributed by atoms with Crippen LogP contribution < -0.4 is 10.2 Å². The zero-order valence-electron chi connectivity index (χ0n) is 27.7. The van der Waals surface area contributed by atoms with E-state index in [4.69, 9.17) is 32.8 Å². The summed E-state index contributed by atoms with van der Waals surface area (Å²) in [5.41, 5.74) is -1.18. The van der Waals surface area contributed by atoms with Gasteiger partial charge in [-0.05, 0) is 31.2 Å². The van der Waals surface area contributed by atoms with Crippen molar-refractivity contribution in [2.75, 3.05) is 13.2 Å². The number of phenols is 3. The van der Waals surface area contributed by atoms with Gasteiger partial charge in [-0.2, -0.15) is 0 Å². The van der Waals surface area contributed by atoms with Crippen LogP contribution in [-0.4, -0.2) is 167 Å². The quantitative estimate of drug-likeness (QED) is 0.100. The van der Waals surface area contributed by atoms with Crippen LogP contribution in [0.1, 0.15) is 6.92 Å². The molecule has 0 aliphatic carbocycles. The van der Waals surface area contributed by atoms with Crippen LogP contribution in [0.25, 0.3) is 22.3 Å². The molecule has 3 saturated heterocycles. The van der Waals surface area contributed by atoms with E-state index in [1.165, 1.54) is 31.2 Å². The highest BCUT2D eigenvalue weighted by molar-refractivity contribution is 5.88. The van der Waals surface area contributed by atoms with Crippen molar-refractivity contribution in [1.82, 2.24) is 0 Å². The van der Waals surface area contributed by atoms with E-state index in [1.54, 1.807) is 0 Å². The molecule has 3 aliphatic rings. The maximum atomic E-state index is 13.9. The molecular formula is C33H40O20. The Morgan fingerprint density at radius 3 is 1.98 bits per heavy atom. The standard InChI is InChI=1S/C33H40O20/c1-10-19(38)23(42)26(45)31(48-10)47-9-17-21(40)24(43)27(46)32(51-17)53-30-25(44)20(39)16(8-34)50-33(30)52-29-22(41)18-14(37)6-13(36)7-15(18)49-28(29)11-2-4-12(35)5-3-11/h2-7,10,16-17,19-21,23-27,30-40,42-46H,8-9H2,1H3/t10-,16+,17+,19-,20+,21+,23+,24-,25-,26+,27+,30+,31+,32-,33-/m0/s1. The Morgan fingerprint density at radius 2 is 1.30 bits per heavy atom. The normalized spacial score (nSPS) is 37.8. The minimum Gasteiger partial charge on any atom is -0.508 e. The minimum atomic E-state index is -2.04. The molecule has 20 nitrogen and oxygen atoms in total. The van der Waals surface area contributed by atoms with Crippen LogP contribution in [0.2, 0.25) is 0 Å². The SMILES string of the molecule is C[C@@H]1O[C@@H](OC[C@H]2O[C@@H](O[C@H]3[C@H](Oc4c(-c5ccc(O)cc5)oc5cc(O)cc(O)c5c4=O)O[C@H](CO)[C@@H](O)[C@@H]3O)[C@H](O)[C@@H](O)[C@@H]2O)[C@H](O)[C@H](O)[C@H]1O. The van der Waals surface area contributed by atoms with Gasteiger partial charge in [0.05, 0.1) is 19.3 Å². The molecule has 292 valence electrons. The summed E-state index contributed by atoms with van der Waals surface area (Å²) >= 11 is 0. The van der Waals surface area contributed by atoms with Gasteiger partial charge in [-0.3, -0.25) is 4.79 Å². The van der Waals surface area contributed by atoms with Crippen LogP contribution in [-0.2, 0) is 23.7 Å². The smallest absolute Gasteiger partial charge is 0.239 e. The van der Waals surface area contributed by atoms with Gasteiger partial charge < -0.3 is 94.1 Å². The molecule has 2 aromatic carbocycles. The van der Waals surface area contributed by atoms with Gasteiger partial charge in [0, 0.05) is 17.7 Å². The highest BCUT2D eigenvalue weighted by Crippen LogP contribution is 2.38. The molecular weight excluding hydrogens is 716 g/mol. The fourth-order valence-corrected chi connectivity index (χ4v) is 6.25. The molecule has 0 saturated carbocycles. The fourth-order valence-electron chi connectivity index (χ4n) is 6.25. The number of aromatic hydroxyl groups is 3. The van der Waals surface area contributed by atoms with Gasteiger partial charge in [-0.1, -0.05) is 0 Å². The lowest BCUT2D eigenvalue weighted by molar-refractivity contribution is -0.364. The number of benzene rings is 2. The minimum absolute atomic E-state index is 0.127. The van der Waals surface area contributed by atoms with Crippen molar-refractivity contribution < 1.29 is 94.1 Å². The second kappa shape index (κ2) is 15.6. The predicted molar refractivity (Wildman–Crippen MR) is 171 cm³/mol. The lowest BCUT2D eigenvalue weighted by Crippen LogP contribution is -2.65. The van der Waals surface area contributed by atoms with E-state index in [2.05, 4.69) is 0 Å². The molecule has 0 unspecified atom stereocenters. The molecule has 3 aliphatic heterocycles. The van der Waals surface area contributed by atoms with E-state index in [0.717, 1.165) is 12.1 Å². The van der Waals surface area contributed by atoms with Gasteiger partial charge in [0.25, 0.3) is 0 Å². The third-order valence-electron chi connectivity index (χ3n) is 9.30. The molecule has 0 spiro atoms. The average molecular weight is 757 g/mol. The summed E-state index contributed by atoms with van der Waals surface area (Å²) < 4.78 is 39.8. The van der Waals surface area contributed by atoms with Crippen LogP contribution in [0.15, 0.2) is 45.6 Å². The summed E-state index contributed by atoms with van der Waals surface area (Å²) in [5.74, 6) is -2.33. The van der Waals surface area contributed by atoms with Crippen molar-refractivity contribution in [1.29, 1.82) is 0 Å². The molecule has 1 aromatic heterocycles. The maximum Gasteiger partial charge on any atom is 0.239 e. The van der Waals surface area contributed by atoms with Gasteiger partial charge in [0.1, 0.15) is 89.3 Å². The Hall–Kier alpha value is -3.71. The summed E-state index contributed by atoms with van der Waals surface area (Å²) in [7, 11) is 0. The molecule has 0 radical (unpaired) electrons. The number of aliphatic hydroxyl groups excluding tert-OH is 9. The van der Waals surface area contributed by atoms with Crippen molar-refractivity contribution in [3.8, 4) is 34.3 Å². The topological polar surface area (TPSA) is 328 Å². The molecule has 20 heteroatoms. The van der Waals surface area contributed by atoms with Crippen molar-refractivity contribution in [3.05, 3.63) is 46.6 Å². The van der Waals surface area contributed by atoms with E-state index >= 15 is 0 Å². The number of phenolic OH excluding ortho intramolecular Hbond substituents is 3. The first-order valence-electron chi connectivity index (χ1n) is 16.4. The second-order valence-corrected chi connectivity index (χ2v) is 12.9. The van der Waals surface area contributed by atoms with Crippen LogP contribution in [0.4, 0.5) is 0 Å². The summed E-state index contributed by atoms with van der Waals surface area (Å²) in [6.45, 7) is -0.136. The van der Waals surface area contributed by atoms with Gasteiger partial charge >= 0.3 is 0 Å². The van der Waals surface area contributed by atoms with E-state index in [0.29, 0.717) is 0 Å². The maximum absolute atomic E-state index is 13.9. The Bertz CT molecular complexity index is 1790. The predicted octanol–water partition coefficient (Wildman–Crippen LogP) is -3.57. The van der Waals surface area contributed by atoms with E-state index in [1.807, 2.05) is 0 Å². The van der Waals surface area contributed by atoms with Crippen molar-refractivity contribution in [2.24, 2.45) is 0 Å². The number of rotatable bonds is 9. The molecule has 0 bridgehead atoms. The summed E-state index contributed by atoms with van der Waals surface area (Å²) in [6.07, 6.45) is -26.0. The van der Waals surface area contributed by atoms with Gasteiger partial charge in [0.2, 0.25) is 17.5 Å². The Kier molecular flexibility index (Phi) is 11.5. The Morgan fingerprint density at radius 1 is 0.679 bits per heavy atom. The lowest BCUT2D eigenvalue weighted by Gasteiger charge is -2.46. The fraction of sp³-hybridized carbons (Fsp3) is 0.545. The van der Waals surface area contributed by atoms with Crippen molar-refractivity contribution in [3.63, 3.8) is 0 Å². The van der Waals surface area contributed by atoms with Crippen molar-refractivity contribution >= 4 is 11.0 Å². The number of fused-ring (bicyclic) bond motifs is 1. The van der Waals surface area contributed by atoms with E-state index in [-0.39, 0.29) is 22.7 Å². The van der Waals surface area contributed by atoms with Gasteiger partial charge in [-0.15, -0.1) is 0 Å². The largest absolute Gasteiger partial charge is 0.508 e. The van der Waals surface area contributed by atoms with Crippen LogP contribution in [0.3, 0.4) is 0 Å². The van der Waals surface area contributed by atoms with E-state index < -0.39 is 133 Å². The first-order chi connectivity index (χ1) is 25.1. The molecule has 3 fully saturated rings. The van der Waals surface area contributed by atoms with Crippen molar-refractivity contribution in [2.45, 2.75) is 99.0 Å². The summed E-state index contributed by atoms with van der Waals surface area (Å²) in [6, 6.07) is 7.09. The highest BCUT2D eigenvalue weighted by atomic mass is 16.8. The third kappa shape index (κ3) is 7.52. The molecule has 3 aromatic rings. The first-order valence-corrected chi connectivity index (χ1v) is 16.4. The lowest BCUT2D eigenvalue weighted by atomic mass is 9.97.